The van der Waals surface area contributed by atoms with Gasteiger partial charge < -0.3 is 10.1 Å². The number of nitrogens with one attached hydrogen (secondary N) is 1. The standard InChI is InChI=1S/C14H26N2O/c1-15-12-7-13-3-2-4-14(8-12)16(13)9-11-5-6-17-10-11/h11-15H,2-10H2,1H3. The van der Waals surface area contributed by atoms with E-state index in [0.717, 1.165) is 37.3 Å². The summed E-state index contributed by atoms with van der Waals surface area (Å²) in [6.45, 7) is 3.30. The largest absolute Gasteiger partial charge is 0.381 e. The summed E-state index contributed by atoms with van der Waals surface area (Å²) in [6, 6.07) is 2.46. The first-order valence-electron chi connectivity index (χ1n) is 7.37. The maximum atomic E-state index is 5.52. The van der Waals surface area contributed by atoms with Crippen molar-refractivity contribution in [2.45, 2.75) is 56.7 Å². The SMILES string of the molecule is CNC1CC2CCCC(C1)N2CC1CCOC1. The van der Waals surface area contributed by atoms with Crippen molar-refractivity contribution < 1.29 is 4.74 Å². The fourth-order valence-corrected chi connectivity index (χ4v) is 4.04. The van der Waals surface area contributed by atoms with Crippen LogP contribution < -0.4 is 5.32 Å². The first kappa shape index (κ1) is 11.9. The van der Waals surface area contributed by atoms with E-state index in [0.29, 0.717) is 0 Å². The van der Waals surface area contributed by atoms with Gasteiger partial charge in [-0.05, 0) is 45.1 Å². The molecule has 3 nitrogen and oxygen atoms in total. The van der Waals surface area contributed by atoms with Gasteiger partial charge in [-0.15, -0.1) is 0 Å². The minimum atomic E-state index is 0.765. The van der Waals surface area contributed by atoms with Gasteiger partial charge in [0.25, 0.3) is 0 Å². The van der Waals surface area contributed by atoms with E-state index in [9.17, 15) is 0 Å². The Morgan fingerprint density at radius 1 is 1.18 bits per heavy atom. The van der Waals surface area contributed by atoms with E-state index in [2.05, 4.69) is 17.3 Å². The normalized spacial score (nSPS) is 42.9. The van der Waals surface area contributed by atoms with Crippen LogP contribution in [0.1, 0.15) is 38.5 Å². The molecule has 0 spiro atoms. The van der Waals surface area contributed by atoms with Crippen LogP contribution in [0.25, 0.3) is 0 Å². The van der Waals surface area contributed by atoms with E-state index in [1.807, 2.05) is 0 Å². The van der Waals surface area contributed by atoms with Gasteiger partial charge >= 0.3 is 0 Å². The van der Waals surface area contributed by atoms with Gasteiger partial charge in [-0.1, -0.05) is 6.42 Å². The maximum Gasteiger partial charge on any atom is 0.0507 e. The summed E-state index contributed by atoms with van der Waals surface area (Å²) in [5.74, 6) is 0.809. The third kappa shape index (κ3) is 2.51. The number of piperidine rings is 2. The lowest BCUT2D eigenvalue weighted by Gasteiger charge is -2.49. The van der Waals surface area contributed by atoms with E-state index in [1.54, 1.807) is 0 Å². The third-order valence-corrected chi connectivity index (χ3v) is 5.03. The van der Waals surface area contributed by atoms with Crippen LogP contribution in [-0.2, 0) is 4.74 Å². The van der Waals surface area contributed by atoms with Gasteiger partial charge in [-0.3, -0.25) is 4.90 Å². The summed E-state index contributed by atoms with van der Waals surface area (Å²) in [5, 5.41) is 3.50. The second-order valence-electron chi connectivity index (χ2n) is 6.12. The average Bonchev–Trinajstić information content (AvgIpc) is 2.81. The molecular formula is C14H26N2O. The zero-order valence-corrected chi connectivity index (χ0v) is 11.0. The Bertz CT molecular complexity index is 239. The van der Waals surface area contributed by atoms with Crippen molar-refractivity contribution >= 4 is 0 Å². The molecule has 3 fully saturated rings. The van der Waals surface area contributed by atoms with Crippen LogP contribution in [0, 0.1) is 5.92 Å². The summed E-state index contributed by atoms with van der Waals surface area (Å²) >= 11 is 0. The van der Waals surface area contributed by atoms with Crippen LogP contribution in [0.5, 0.6) is 0 Å². The first-order valence-corrected chi connectivity index (χ1v) is 7.37. The molecule has 1 N–H and O–H groups in total. The van der Waals surface area contributed by atoms with Gasteiger partial charge in [0, 0.05) is 31.3 Å². The zero-order valence-electron chi connectivity index (χ0n) is 11.0. The Kier molecular flexibility index (Phi) is 3.69. The number of nitrogens with zero attached hydrogens (tertiary/aromatic N) is 1. The fourth-order valence-electron chi connectivity index (χ4n) is 4.04. The minimum absolute atomic E-state index is 0.765. The number of fused-ring (bicyclic) bond motifs is 2. The second-order valence-corrected chi connectivity index (χ2v) is 6.12. The van der Waals surface area contributed by atoms with E-state index >= 15 is 0 Å². The molecule has 0 aromatic rings. The summed E-state index contributed by atoms with van der Waals surface area (Å²) in [6.07, 6.45) is 8.29. The molecule has 0 aliphatic carbocycles. The lowest BCUT2D eigenvalue weighted by molar-refractivity contribution is 0.0122. The maximum absolute atomic E-state index is 5.52. The molecule has 3 aliphatic heterocycles. The van der Waals surface area contributed by atoms with Crippen molar-refractivity contribution in [1.29, 1.82) is 0 Å². The third-order valence-electron chi connectivity index (χ3n) is 5.03. The van der Waals surface area contributed by atoms with Crippen molar-refractivity contribution in [1.82, 2.24) is 10.2 Å². The summed E-state index contributed by atoms with van der Waals surface area (Å²) < 4.78 is 5.52. The highest BCUT2D eigenvalue weighted by Crippen LogP contribution is 2.35. The molecule has 3 aliphatic rings. The van der Waals surface area contributed by atoms with Gasteiger partial charge in [-0.25, -0.2) is 0 Å². The topological polar surface area (TPSA) is 24.5 Å². The number of ether oxygens (including phenoxy) is 1. The van der Waals surface area contributed by atoms with E-state index in [4.69, 9.17) is 4.74 Å². The molecule has 3 unspecified atom stereocenters. The minimum Gasteiger partial charge on any atom is -0.381 e. The second kappa shape index (κ2) is 5.25. The number of hydrogen-bond donors (Lipinski definition) is 1. The molecule has 0 saturated carbocycles. The number of hydrogen-bond acceptors (Lipinski definition) is 3. The molecule has 98 valence electrons. The van der Waals surface area contributed by atoms with E-state index in [-0.39, 0.29) is 0 Å². The lowest BCUT2D eigenvalue weighted by Crippen LogP contribution is -2.56. The van der Waals surface area contributed by atoms with Crippen LogP contribution in [0.2, 0.25) is 0 Å². The van der Waals surface area contributed by atoms with Crippen molar-refractivity contribution in [2.75, 3.05) is 26.8 Å². The van der Waals surface area contributed by atoms with Gasteiger partial charge in [0.2, 0.25) is 0 Å². The zero-order chi connectivity index (χ0) is 11.7. The molecule has 2 bridgehead atoms. The van der Waals surface area contributed by atoms with Crippen LogP contribution in [0.15, 0.2) is 0 Å². The van der Waals surface area contributed by atoms with Gasteiger partial charge in [0.05, 0.1) is 6.61 Å². The smallest absolute Gasteiger partial charge is 0.0507 e. The summed E-state index contributed by atoms with van der Waals surface area (Å²) in [4.78, 5) is 2.83. The monoisotopic (exact) mass is 238 g/mol. The summed E-state index contributed by atoms with van der Waals surface area (Å²) in [5.41, 5.74) is 0. The highest BCUT2D eigenvalue weighted by Gasteiger charge is 2.38. The van der Waals surface area contributed by atoms with E-state index in [1.165, 1.54) is 45.1 Å². The highest BCUT2D eigenvalue weighted by molar-refractivity contribution is 4.95. The molecule has 3 saturated heterocycles. The first-order chi connectivity index (χ1) is 8.36. The molecule has 3 heterocycles. The lowest BCUT2D eigenvalue weighted by atomic mass is 9.81. The van der Waals surface area contributed by atoms with Crippen LogP contribution in [0.4, 0.5) is 0 Å². The molecule has 3 rings (SSSR count). The average molecular weight is 238 g/mol. The predicted octanol–water partition coefficient (Wildman–Crippen LogP) is 1.63. The summed E-state index contributed by atoms with van der Waals surface area (Å²) in [7, 11) is 2.13. The van der Waals surface area contributed by atoms with Gasteiger partial charge in [0.15, 0.2) is 0 Å². The molecule has 0 aromatic carbocycles. The predicted molar refractivity (Wildman–Crippen MR) is 69.1 cm³/mol. The van der Waals surface area contributed by atoms with Crippen molar-refractivity contribution in [2.24, 2.45) is 5.92 Å². The Morgan fingerprint density at radius 3 is 2.53 bits per heavy atom. The van der Waals surface area contributed by atoms with Crippen LogP contribution >= 0.6 is 0 Å². The van der Waals surface area contributed by atoms with E-state index < -0.39 is 0 Å². The fraction of sp³-hybridized carbons (Fsp3) is 1.00. The Morgan fingerprint density at radius 2 is 1.94 bits per heavy atom. The molecule has 3 heteroatoms. The molecular weight excluding hydrogens is 212 g/mol. The molecule has 17 heavy (non-hydrogen) atoms. The van der Waals surface area contributed by atoms with Crippen molar-refractivity contribution in [3.8, 4) is 0 Å². The quantitative estimate of drug-likeness (QED) is 0.809. The Labute approximate surface area is 105 Å². The Balaban J connectivity index is 1.63. The molecule has 0 amide bonds. The van der Waals surface area contributed by atoms with Crippen LogP contribution in [0.3, 0.4) is 0 Å². The Hall–Kier alpha value is -0.120. The van der Waals surface area contributed by atoms with Gasteiger partial charge in [0.1, 0.15) is 0 Å². The van der Waals surface area contributed by atoms with Crippen molar-refractivity contribution in [3.63, 3.8) is 0 Å². The van der Waals surface area contributed by atoms with Crippen molar-refractivity contribution in [3.05, 3.63) is 0 Å². The highest BCUT2D eigenvalue weighted by atomic mass is 16.5. The number of rotatable bonds is 3. The van der Waals surface area contributed by atoms with Crippen LogP contribution in [-0.4, -0.2) is 49.8 Å². The molecule has 0 radical (unpaired) electrons. The van der Waals surface area contributed by atoms with Gasteiger partial charge in [-0.2, -0.15) is 0 Å². The molecule has 0 aromatic heterocycles. The molecule has 3 atom stereocenters.